The highest BCUT2D eigenvalue weighted by Crippen LogP contribution is 2.40. The number of aromatic nitrogens is 1. The van der Waals surface area contributed by atoms with Crippen LogP contribution in [0.1, 0.15) is 17.9 Å². The molecule has 0 bridgehead atoms. The summed E-state index contributed by atoms with van der Waals surface area (Å²) < 4.78 is 53.5. The minimum Gasteiger partial charge on any atom is -0.359 e. The molecule has 2 amide bonds. The second-order valence-corrected chi connectivity index (χ2v) is 9.24. The van der Waals surface area contributed by atoms with E-state index < -0.39 is 28.0 Å². The van der Waals surface area contributed by atoms with Gasteiger partial charge in [0.1, 0.15) is 11.4 Å². The number of carbonyl (C=O) groups excluding carboxylic acids is 1. The topological polar surface area (TPSA) is 105 Å². The Kier molecular flexibility index (Phi) is 5.28. The fourth-order valence-corrected chi connectivity index (χ4v) is 5.70. The van der Waals surface area contributed by atoms with E-state index in [2.05, 4.69) is 10.5 Å². The highest BCUT2D eigenvalue weighted by Gasteiger charge is 2.57. The summed E-state index contributed by atoms with van der Waals surface area (Å²) in [5.41, 5.74) is -0.652. The summed E-state index contributed by atoms with van der Waals surface area (Å²) in [6.07, 6.45) is -1.68. The van der Waals surface area contributed by atoms with Crippen molar-refractivity contribution in [3.05, 3.63) is 41.8 Å². The molecule has 2 aliphatic rings. The number of ether oxygens (including phenoxy) is 1. The number of amides is 2. The number of sulfonamides is 1. The molecule has 2 atom stereocenters. The Morgan fingerprint density at radius 1 is 1.27 bits per heavy atom. The van der Waals surface area contributed by atoms with Crippen molar-refractivity contribution in [3.8, 4) is 0 Å². The lowest BCUT2D eigenvalue weighted by Crippen LogP contribution is -2.63. The van der Waals surface area contributed by atoms with Gasteiger partial charge in [-0.2, -0.15) is 4.31 Å². The van der Waals surface area contributed by atoms with Gasteiger partial charge in [0.25, 0.3) is 0 Å². The summed E-state index contributed by atoms with van der Waals surface area (Å²) in [5, 5.41) is 6.46. The molecule has 2 saturated heterocycles. The van der Waals surface area contributed by atoms with Crippen molar-refractivity contribution in [1.29, 1.82) is 0 Å². The van der Waals surface area contributed by atoms with Gasteiger partial charge in [0.15, 0.2) is 17.7 Å². The van der Waals surface area contributed by atoms with Gasteiger partial charge >= 0.3 is 6.03 Å². The molecule has 1 spiro atoms. The molecule has 2 aliphatic heterocycles. The van der Waals surface area contributed by atoms with Gasteiger partial charge in [-0.1, -0.05) is 23.4 Å². The largest absolute Gasteiger partial charge is 0.359 e. The van der Waals surface area contributed by atoms with E-state index in [4.69, 9.17) is 9.26 Å². The first-order chi connectivity index (χ1) is 14.3. The summed E-state index contributed by atoms with van der Waals surface area (Å²) in [6, 6.07) is 7.39. The quantitative estimate of drug-likeness (QED) is 0.788. The molecular formula is C19H23FN4O5S. The van der Waals surface area contributed by atoms with Crippen LogP contribution in [-0.2, 0) is 14.8 Å². The van der Waals surface area contributed by atoms with E-state index in [9.17, 15) is 13.2 Å². The summed E-state index contributed by atoms with van der Waals surface area (Å²) in [5.74, 6) is 0.449. The first-order valence-electron chi connectivity index (χ1n) is 9.60. The zero-order valence-electron chi connectivity index (χ0n) is 16.7. The molecule has 2 aromatic rings. The number of nitrogens with zero attached hydrogens (tertiary/aromatic N) is 3. The Hall–Kier alpha value is -2.50. The van der Waals surface area contributed by atoms with Gasteiger partial charge in [-0.15, -0.1) is 0 Å². The first-order valence-corrected chi connectivity index (χ1v) is 11.0. The maximum atomic E-state index is 15.4. The first kappa shape index (κ1) is 20.8. The predicted molar refractivity (Wildman–Crippen MR) is 105 cm³/mol. The number of nitrogens with one attached hydrogen (secondary N) is 1. The van der Waals surface area contributed by atoms with Gasteiger partial charge in [-0.05, 0) is 26.0 Å². The molecule has 1 N–H and O–H groups in total. The maximum absolute atomic E-state index is 15.4. The number of hydrogen-bond donors (Lipinski definition) is 1. The van der Waals surface area contributed by atoms with Gasteiger partial charge in [0.05, 0.1) is 18.0 Å². The number of halogens is 1. The molecule has 0 radical (unpaired) electrons. The Morgan fingerprint density at radius 2 is 2.00 bits per heavy atom. The number of aryl methyl sites for hydroxylation is 2. The van der Waals surface area contributed by atoms with Gasteiger partial charge in [0.2, 0.25) is 10.0 Å². The standard InChI is InChI=1S/C19H23FN4O5S/c1-13-17(14(2)29-22-13)21-18(25)23-9-8-19(16(20)12-23)24(10-11-28-19)30(26,27)15-6-4-3-5-7-15/h3-7,16H,8-12H2,1-2H3,(H,21,25). The number of likely N-dealkylation sites (tertiary alicyclic amines) is 1. The van der Waals surface area contributed by atoms with E-state index in [0.29, 0.717) is 17.1 Å². The zero-order chi connectivity index (χ0) is 21.5. The fraction of sp³-hybridized carbons (Fsp3) is 0.474. The Morgan fingerprint density at radius 3 is 2.63 bits per heavy atom. The average molecular weight is 438 g/mol. The number of hydrogen-bond acceptors (Lipinski definition) is 6. The molecule has 2 unspecified atom stereocenters. The lowest BCUT2D eigenvalue weighted by molar-refractivity contribution is -0.134. The van der Waals surface area contributed by atoms with Crippen LogP contribution < -0.4 is 5.32 Å². The normalized spacial score (nSPS) is 25.0. The lowest BCUT2D eigenvalue weighted by Gasteiger charge is -2.44. The molecule has 0 saturated carbocycles. The summed E-state index contributed by atoms with van der Waals surface area (Å²) >= 11 is 0. The van der Waals surface area contributed by atoms with Crippen LogP contribution in [0.2, 0.25) is 0 Å². The van der Waals surface area contributed by atoms with Crippen molar-refractivity contribution in [2.24, 2.45) is 0 Å². The third-order valence-corrected chi connectivity index (χ3v) is 7.50. The molecule has 1 aromatic heterocycles. The maximum Gasteiger partial charge on any atom is 0.322 e. The molecule has 11 heteroatoms. The molecule has 30 heavy (non-hydrogen) atoms. The molecule has 162 valence electrons. The second-order valence-electron chi connectivity index (χ2n) is 7.38. The summed E-state index contributed by atoms with van der Waals surface area (Å²) in [4.78, 5) is 14.0. The predicted octanol–water partition coefficient (Wildman–Crippen LogP) is 2.28. The third-order valence-electron chi connectivity index (χ3n) is 5.56. The van der Waals surface area contributed by atoms with Crippen molar-refractivity contribution in [2.45, 2.75) is 37.1 Å². The van der Waals surface area contributed by atoms with Crippen molar-refractivity contribution in [3.63, 3.8) is 0 Å². The number of alkyl halides is 1. The van der Waals surface area contributed by atoms with Crippen molar-refractivity contribution < 1.29 is 26.9 Å². The van der Waals surface area contributed by atoms with Crippen LogP contribution in [0.4, 0.5) is 14.9 Å². The SMILES string of the molecule is Cc1noc(C)c1NC(=O)N1CCC2(OCCN2S(=O)(=O)c2ccccc2)C(F)C1. The minimum absolute atomic E-state index is 0.0231. The van der Waals surface area contributed by atoms with Crippen LogP contribution >= 0.6 is 0 Å². The Bertz CT molecular complexity index is 1020. The number of benzene rings is 1. The number of rotatable bonds is 3. The lowest BCUT2D eigenvalue weighted by atomic mass is 9.99. The molecule has 2 fully saturated rings. The van der Waals surface area contributed by atoms with E-state index in [1.807, 2.05) is 0 Å². The molecule has 4 rings (SSSR count). The zero-order valence-corrected chi connectivity index (χ0v) is 17.5. The summed E-state index contributed by atoms with van der Waals surface area (Å²) in [6.45, 7) is 3.35. The van der Waals surface area contributed by atoms with Crippen LogP contribution in [0, 0.1) is 13.8 Å². The monoisotopic (exact) mass is 438 g/mol. The van der Waals surface area contributed by atoms with Gasteiger partial charge in [-0.25, -0.2) is 17.6 Å². The molecule has 1 aromatic carbocycles. The minimum atomic E-state index is -3.94. The number of carbonyl (C=O) groups is 1. The van der Waals surface area contributed by atoms with E-state index >= 15 is 4.39 Å². The van der Waals surface area contributed by atoms with Crippen molar-refractivity contribution in [1.82, 2.24) is 14.4 Å². The van der Waals surface area contributed by atoms with Crippen LogP contribution in [0.15, 0.2) is 39.8 Å². The number of anilines is 1. The van der Waals surface area contributed by atoms with Crippen LogP contribution in [0.25, 0.3) is 0 Å². The van der Waals surface area contributed by atoms with Gasteiger partial charge in [-0.3, -0.25) is 0 Å². The van der Waals surface area contributed by atoms with E-state index in [0.717, 1.165) is 4.31 Å². The highest BCUT2D eigenvalue weighted by molar-refractivity contribution is 7.89. The van der Waals surface area contributed by atoms with Crippen molar-refractivity contribution >= 4 is 21.7 Å². The van der Waals surface area contributed by atoms with E-state index in [1.165, 1.54) is 17.0 Å². The summed E-state index contributed by atoms with van der Waals surface area (Å²) in [7, 11) is -3.94. The van der Waals surface area contributed by atoms with Crippen LogP contribution in [-0.4, -0.2) is 66.9 Å². The van der Waals surface area contributed by atoms with E-state index in [-0.39, 0.29) is 37.6 Å². The molecular weight excluding hydrogens is 415 g/mol. The Labute approximate surface area is 173 Å². The smallest absolute Gasteiger partial charge is 0.322 e. The third kappa shape index (κ3) is 3.36. The number of urea groups is 1. The average Bonchev–Trinajstić information content (AvgIpc) is 3.30. The molecule has 9 nitrogen and oxygen atoms in total. The Balaban J connectivity index is 1.52. The van der Waals surface area contributed by atoms with E-state index in [1.54, 1.807) is 32.0 Å². The molecule has 3 heterocycles. The fourth-order valence-electron chi connectivity index (χ4n) is 3.96. The number of piperidine rings is 1. The van der Waals surface area contributed by atoms with Gasteiger partial charge in [0, 0.05) is 19.5 Å². The van der Waals surface area contributed by atoms with Gasteiger partial charge < -0.3 is 19.5 Å². The van der Waals surface area contributed by atoms with Crippen LogP contribution in [0.5, 0.6) is 0 Å². The molecule has 0 aliphatic carbocycles. The highest BCUT2D eigenvalue weighted by atomic mass is 32.2. The second kappa shape index (κ2) is 7.64. The van der Waals surface area contributed by atoms with Crippen molar-refractivity contribution in [2.75, 3.05) is 31.6 Å². The van der Waals surface area contributed by atoms with Crippen LogP contribution in [0.3, 0.4) is 0 Å².